The first-order chi connectivity index (χ1) is 12.6. The van der Waals surface area contributed by atoms with Gasteiger partial charge < -0.3 is 14.6 Å². The molecule has 1 aromatic carbocycles. The van der Waals surface area contributed by atoms with E-state index < -0.39 is 0 Å². The van der Waals surface area contributed by atoms with Gasteiger partial charge in [-0.1, -0.05) is 29.6 Å². The lowest BCUT2D eigenvalue weighted by Crippen LogP contribution is -2.25. The van der Waals surface area contributed by atoms with E-state index in [1.165, 1.54) is 6.42 Å². The lowest BCUT2D eigenvalue weighted by molar-refractivity contribution is -0.121. The molecule has 2 heterocycles. The van der Waals surface area contributed by atoms with Gasteiger partial charge in [-0.3, -0.25) is 4.79 Å². The maximum absolute atomic E-state index is 12.0. The van der Waals surface area contributed by atoms with Gasteiger partial charge in [0.25, 0.3) is 0 Å². The number of rotatable bonds is 7. The molecule has 0 unspecified atom stereocenters. The van der Waals surface area contributed by atoms with E-state index in [1.54, 1.807) is 18.2 Å². The van der Waals surface area contributed by atoms with E-state index in [0.29, 0.717) is 41.8 Å². The first-order valence-corrected chi connectivity index (χ1v) is 9.64. The Kier molecular flexibility index (Phi) is 6.74. The van der Waals surface area contributed by atoms with Crippen molar-refractivity contribution in [3.63, 3.8) is 0 Å². The highest BCUT2D eigenvalue weighted by Crippen LogP contribution is 2.27. The average Bonchev–Trinajstić information content (AvgIpc) is 2.84. The van der Waals surface area contributed by atoms with E-state index in [1.807, 2.05) is 0 Å². The minimum absolute atomic E-state index is 0.0261. The molecule has 0 fully saturated rings. The number of amides is 1. The smallest absolute Gasteiger partial charge is 0.220 e. The zero-order chi connectivity index (χ0) is 18.4. The molecule has 26 heavy (non-hydrogen) atoms. The molecule has 1 N–H and O–H groups in total. The third-order valence-corrected chi connectivity index (χ3v) is 4.86. The number of hydrogen-bond acceptors (Lipinski definition) is 4. The minimum atomic E-state index is -0.0261. The van der Waals surface area contributed by atoms with Crippen LogP contribution in [0.3, 0.4) is 0 Å². The van der Waals surface area contributed by atoms with Crippen molar-refractivity contribution >= 4 is 29.1 Å². The normalized spacial score (nSPS) is 13.8. The fourth-order valence-corrected chi connectivity index (χ4v) is 3.41. The van der Waals surface area contributed by atoms with Crippen LogP contribution in [0.15, 0.2) is 18.2 Å². The Balaban J connectivity index is 1.39. The summed E-state index contributed by atoms with van der Waals surface area (Å²) in [5.74, 6) is 2.41. The van der Waals surface area contributed by atoms with Crippen LogP contribution in [-0.4, -0.2) is 27.3 Å². The van der Waals surface area contributed by atoms with Crippen LogP contribution in [0.5, 0.6) is 5.75 Å². The van der Waals surface area contributed by atoms with Crippen LogP contribution in [0, 0.1) is 0 Å². The number of carbonyl (C=O) groups excluding carboxylic acids is 1. The quantitative estimate of drug-likeness (QED) is 0.722. The molecule has 0 aliphatic carbocycles. The maximum atomic E-state index is 12.0. The van der Waals surface area contributed by atoms with Crippen LogP contribution in [0.25, 0.3) is 0 Å². The molecule has 0 radical (unpaired) electrons. The van der Waals surface area contributed by atoms with Crippen LogP contribution in [-0.2, 0) is 24.3 Å². The van der Waals surface area contributed by atoms with Crippen molar-refractivity contribution in [3.05, 3.63) is 39.9 Å². The lowest BCUT2D eigenvalue weighted by Gasteiger charge is -2.09. The molecule has 0 saturated carbocycles. The van der Waals surface area contributed by atoms with Gasteiger partial charge in [0.2, 0.25) is 5.91 Å². The third-order valence-electron chi connectivity index (χ3n) is 4.33. The maximum Gasteiger partial charge on any atom is 0.220 e. The van der Waals surface area contributed by atoms with Crippen molar-refractivity contribution in [2.75, 3.05) is 6.61 Å². The van der Waals surface area contributed by atoms with Gasteiger partial charge in [-0.15, -0.1) is 10.2 Å². The summed E-state index contributed by atoms with van der Waals surface area (Å²) in [6, 6.07) is 5.07. The zero-order valence-electron chi connectivity index (χ0n) is 14.5. The van der Waals surface area contributed by atoms with Gasteiger partial charge in [-0.05, 0) is 37.5 Å². The van der Waals surface area contributed by atoms with Crippen molar-refractivity contribution in [2.45, 2.75) is 51.6 Å². The van der Waals surface area contributed by atoms with Crippen LogP contribution in [0.4, 0.5) is 0 Å². The van der Waals surface area contributed by atoms with Crippen molar-refractivity contribution in [2.24, 2.45) is 0 Å². The highest BCUT2D eigenvalue weighted by molar-refractivity contribution is 6.35. The number of hydrogen-bond donors (Lipinski definition) is 1. The predicted molar refractivity (Wildman–Crippen MR) is 101 cm³/mol. The number of benzene rings is 1. The molecular formula is C18H22Cl2N4O2. The first kappa shape index (κ1) is 19.0. The minimum Gasteiger partial charge on any atom is -0.492 e. The Morgan fingerprint density at radius 2 is 2.12 bits per heavy atom. The summed E-state index contributed by atoms with van der Waals surface area (Å²) in [7, 11) is 0. The van der Waals surface area contributed by atoms with Gasteiger partial charge in [0, 0.05) is 24.4 Å². The molecule has 140 valence electrons. The highest BCUT2D eigenvalue weighted by Gasteiger charge is 2.15. The average molecular weight is 397 g/mol. The predicted octanol–water partition coefficient (Wildman–Crippen LogP) is 3.79. The van der Waals surface area contributed by atoms with E-state index in [4.69, 9.17) is 27.9 Å². The molecular weight excluding hydrogens is 375 g/mol. The van der Waals surface area contributed by atoms with Crippen LogP contribution >= 0.6 is 23.2 Å². The van der Waals surface area contributed by atoms with Crippen LogP contribution in [0.1, 0.15) is 43.8 Å². The van der Waals surface area contributed by atoms with Crippen LogP contribution in [0.2, 0.25) is 10.0 Å². The molecule has 1 aromatic heterocycles. The van der Waals surface area contributed by atoms with Gasteiger partial charge in [-0.2, -0.15) is 0 Å². The topological polar surface area (TPSA) is 69.0 Å². The van der Waals surface area contributed by atoms with E-state index in [9.17, 15) is 4.79 Å². The fourth-order valence-electron chi connectivity index (χ4n) is 2.95. The number of ether oxygens (including phenoxy) is 1. The Morgan fingerprint density at radius 3 is 2.96 bits per heavy atom. The Labute approximate surface area is 162 Å². The first-order valence-electron chi connectivity index (χ1n) is 8.89. The summed E-state index contributed by atoms with van der Waals surface area (Å²) in [5.41, 5.74) is 0. The monoisotopic (exact) mass is 396 g/mol. The van der Waals surface area contributed by atoms with Gasteiger partial charge in [0.15, 0.2) is 5.82 Å². The molecule has 0 atom stereocenters. The SMILES string of the molecule is O=C(CCCOc1ccc(Cl)cc1Cl)NCc1nnc2n1CCCCC2. The summed E-state index contributed by atoms with van der Waals surface area (Å²) >= 11 is 11.9. The molecule has 3 rings (SSSR count). The fraction of sp³-hybridized carbons (Fsp3) is 0.500. The second-order valence-electron chi connectivity index (χ2n) is 6.30. The molecule has 1 aliphatic rings. The summed E-state index contributed by atoms with van der Waals surface area (Å²) in [6.07, 6.45) is 5.45. The molecule has 1 amide bonds. The zero-order valence-corrected chi connectivity index (χ0v) is 16.0. The molecule has 6 nitrogen and oxygen atoms in total. The van der Waals surface area contributed by atoms with E-state index >= 15 is 0 Å². The molecule has 8 heteroatoms. The summed E-state index contributed by atoms with van der Waals surface area (Å²) in [6.45, 7) is 1.76. The van der Waals surface area contributed by atoms with Crippen molar-refractivity contribution in [1.29, 1.82) is 0 Å². The number of aryl methyl sites for hydroxylation is 1. The van der Waals surface area contributed by atoms with Gasteiger partial charge in [-0.25, -0.2) is 0 Å². The summed E-state index contributed by atoms with van der Waals surface area (Å²) in [4.78, 5) is 12.0. The number of halogens is 2. The molecule has 0 saturated heterocycles. The number of aromatic nitrogens is 3. The Bertz CT molecular complexity index is 764. The molecule has 0 bridgehead atoms. The molecule has 0 spiro atoms. The van der Waals surface area contributed by atoms with E-state index in [2.05, 4.69) is 20.1 Å². The molecule has 2 aromatic rings. The van der Waals surface area contributed by atoms with Gasteiger partial charge >= 0.3 is 0 Å². The van der Waals surface area contributed by atoms with E-state index in [-0.39, 0.29) is 5.91 Å². The number of fused-ring (bicyclic) bond motifs is 1. The van der Waals surface area contributed by atoms with Crippen LogP contribution < -0.4 is 10.1 Å². The summed E-state index contributed by atoms with van der Waals surface area (Å²) < 4.78 is 7.72. The standard InChI is InChI=1S/C18H22Cl2N4O2/c19-13-7-8-15(14(20)11-13)26-10-4-6-18(25)21-12-17-23-22-16-5-2-1-3-9-24(16)17/h7-8,11H,1-6,9-10,12H2,(H,21,25). The highest BCUT2D eigenvalue weighted by atomic mass is 35.5. The van der Waals surface area contributed by atoms with Crippen molar-refractivity contribution in [1.82, 2.24) is 20.1 Å². The third kappa shape index (κ3) is 5.11. The Hall–Kier alpha value is -1.79. The number of nitrogens with zero attached hydrogens (tertiary/aromatic N) is 3. The van der Waals surface area contributed by atoms with Crippen molar-refractivity contribution in [3.8, 4) is 5.75 Å². The second kappa shape index (κ2) is 9.24. The second-order valence-corrected chi connectivity index (χ2v) is 7.14. The largest absolute Gasteiger partial charge is 0.492 e. The van der Waals surface area contributed by atoms with E-state index in [0.717, 1.165) is 37.5 Å². The van der Waals surface area contributed by atoms with Gasteiger partial charge in [0.05, 0.1) is 18.2 Å². The summed E-state index contributed by atoms with van der Waals surface area (Å²) in [5, 5.41) is 12.4. The number of carbonyl (C=O) groups is 1. The number of nitrogens with one attached hydrogen (secondary N) is 1. The van der Waals surface area contributed by atoms with Gasteiger partial charge in [0.1, 0.15) is 11.6 Å². The molecule has 1 aliphatic heterocycles. The lowest BCUT2D eigenvalue weighted by atomic mass is 10.2. The van der Waals surface area contributed by atoms with Crippen molar-refractivity contribution < 1.29 is 9.53 Å². The Morgan fingerprint density at radius 1 is 1.23 bits per heavy atom.